The zero-order chi connectivity index (χ0) is 13.4. The molecule has 0 aliphatic carbocycles. The molecule has 0 amide bonds. The molecule has 0 saturated heterocycles. The van der Waals surface area contributed by atoms with E-state index in [1.54, 1.807) is 10.9 Å². The van der Waals surface area contributed by atoms with Gasteiger partial charge in [0.25, 0.3) is 5.56 Å². The first kappa shape index (κ1) is 12.4. The molecule has 96 valence electrons. The summed E-state index contributed by atoms with van der Waals surface area (Å²) in [4.78, 5) is 19.7. The van der Waals surface area contributed by atoms with Crippen LogP contribution >= 0.6 is 22.6 Å². The van der Waals surface area contributed by atoms with Crippen LogP contribution in [0.4, 0.5) is 0 Å². The van der Waals surface area contributed by atoms with Crippen LogP contribution < -0.4 is 5.56 Å². The molecule has 4 nitrogen and oxygen atoms in total. The van der Waals surface area contributed by atoms with E-state index >= 15 is 0 Å². The molecule has 5 heteroatoms. The Morgan fingerprint density at radius 3 is 2.89 bits per heavy atom. The van der Waals surface area contributed by atoms with Crippen molar-refractivity contribution in [1.82, 2.24) is 14.5 Å². The van der Waals surface area contributed by atoms with Gasteiger partial charge in [0.1, 0.15) is 0 Å². The largest absolute Gasteiger partial charge is 0.348 e. The maximum Gasteiger partial charge on any atom is 0.258 e. The van der Waals surface area contributed by atoms with Gasteiger partial charge in [0.15, 0.2) is 0 Å². The minimum absolute atomic E-state index is 0.0263. The van der Waals surface area contributed by atoms with Gasteiger partial charge in [0, 0.05) is 26.2 Å². The van der Waals surface area contributed by atoms with Crippen LogP contribution in [0.15, 0.2) is 41.6 Å². The van der Waals surface area contributed by atoms with E-state index < -0.39 is 0 Å². The number of halogens is 1. The van der Waals surface area contributed by atoms with Crippen LogP contribution in [0, 0.1) is 10.5 Å². The van der Waals surface area contributed by atoms with Gasteiger partial charge in [-0.15, -0.1) is 0 Å². The number of rotatable bonds is 2. The first-order valence-corrected chi connectivity index (χ1v) is 7.01. The van der Waals surface area contributed by atoms with E-state index in [1.807, 2.05) is 37.4 Å². The second kappa shape index (κ2) is 4.80. The molecule has 0 radical (unpaired) electrons. The zero-order valence-corrected chi connectivity index (χ0v) is 12.5. The predicted molar refractivity (Wildman–Crippen MR) is 83.4 cm³/mol. The number of aryl methyl sites for hydroxylation is 1. The number of H-pyrrole nitrogens is 1. The fourth-order valence-electron chi connectivity index (χ4n) is 2.11. The Labute approximate surface area is 123 Å². The Hall–Kier alpha value is -1.63. The molecule has 2 heterocycles. The van der Waals surface area contributed by atoms with Crippen molar-refractivity contribution < 1.29 is 0 Å². The molecule has 0 spiro atoms. The molecule has 0 aliphatic heterocycles. The lowest BCUT2D eigenvalue weighted by molar-refractivity contribution is 0.746. The predicted octanol–water partition coefficient (Wildman–Crippen LogP) is 2.69. The van der Waals surface area contributed by atoms with Gasteiger partial charge < -0.3 is 9.55 Å². The number of nitrogens with one attached hydrogen (secondary N) is 1. The second-order valence-electron chi connectivity index (χ2n) is 4.42. The van der Waals surface area contributed by atoms with Gasteiger partial charge in [0.05, 0.1) is 18.6 Å². The highest BCUT2D eigenvalue weighted by atomic mass is 127. The molecule has 0 fully saturated rings. The van der Waals surface area contributed by atoms with Crippen LogP contribution in [0.5, 0.6) is 0 Å². The van der Waals surface area contributed by atoms with Crippen molar-refractivity contribution in [2.75, 3.05) is 0 Å². The maximum absolute atomic E-state index is 12.4. The first-order chi connectivity index (χ1) is 9.16. The monoisotopic (exact) mass is 365 g/mol. The third-order valence-corrected chi connectivity index (χ3v) is 4.16. The summed E-state index contributed by atoms with van der Waals surface area (Å²) in [6.07, 6.45) is 3.49. The summed E-state index contributed by atoms with van der Waals surface area (Å²) >= 11 is 2.25. The quantitative estimate of drug-likeness (QED) is 0.710. The molecule has 3 rings (SSSR count). The van der Waals surface area contributed by atoms with Crippen LogP contribution in [-0.2, 0) is 6.54 Å². The van der Waals surface area contributed by atoms with Crippen LogP contribution in [0.3, 0.4) is 0 Å². The zero-order valence-electron chi connectivity index (χ0n) is 10.4. The Balaban J connectivity index is 2.14. The van der Waals surface area contributed by atoms with Gasteiger partial charge in [-0.1, -0.05) is 6.07 Å². The molecule has 0 atom stereocenters. The third-order valence-electron chi connectivity index (χ3n) is 3.22. The number of fused-ring (bicyclic) bond motifs is 1. The van der Waals surface area contributed by atoms with Crippen molar-refractivity contribution in [3.8, 4) is 0 Å². The number of benzene rings is 1. The van der Waals surface area contributed by atoms with Crippen molar-refractivity contribution in [2.45, 2.75) is 13.5 Å². The van der Waals surface area contributed by atoms with E-state index in [2.05, 4.69) is 32.6 Å². The number of aromatic nitrogens is 3. The Morgan fingerprint density at radius 2 is 2.16 bits per heavy atom. The highest BCUT2D eigenvalue weighted by Crippen LogP contribution is 2.17. The third kappa shape index (κ3) is 2.18. The van der Waals surface area contributed by atoms with Gasteiger partial charge in [-0.05, 0) is 47.7 Å². The Bertz CT molecular complexity index is 804. The molecule has 0 bridgehead atoms. The molecular weight excluding hydrogens is 353 g/mol. The SMILES string of the molecule is Cc1[nH]cnc1Cn1ccc2c(I)cccc2c1=O. The van der Waals surface area contributed by atoms with Crippen molar-refractivity contribution in [1.29, 1.82) is 0 Å². The van der Waals surface area contributed by atoms with Crippen molar-refractivity contribution in [3.63, 3.8) is 0 Å². The van der Waals surface area contributed by atoms with Crippen molar-refractivity contribution >= 4 is 33.4 Å². The highest BCUT2D eigenvalue weighted by molar-refractivity contribution is 14.1. The van der Waals surface area contributed by atoms with E-state index in [9.17, 15) is 4.79 Å². The fraction of sp³-hybridized carbons (Fsp3) is 0.143. The van der Waals surface area contributed by atoms with Crippen molar-refractivity contribution in [2.24, 2.45) is 0 Å². The van der Waals surface area contributed by atoms with E-state index in [1.165, 1.54) is 0 Å². The van der Waals surface area contributed by atoms with Crippen LogP contribution in [0.2, 0.25) is 0 Å². The molecule has 0 aliphatic rings. The molecule has 0 unspecified atom stereocenters. The highest BCUT2D eigenvalue weighted by Gasteiger charge is 2.07. The van der Waals surface area contributed by atoms with E-state index in [4.69, 9.17) is 0 Å². The molecule has 19 heavy (non-hydrogen) atoms. The van der Waals surface area contributed by atoms with Gasteiger partial charge in [-0.25, -0.2) is 4.98 Å². The number of pyridine rings is 1. The summed E-state index contributed by atoms with van der Waals surface area (Å²) in [5.74, 6) is 0. The Kier molecular flexibility index (Phi) is 3.14. The van der Waals surface area contributed by atoms with E-state index in [0.29, 0.717) is 6.54 Å². The number of hydrogen-bond acceptors (Lipinski definition) is 2. The molecule has 0 saturated carbocycles. The summed E-state index contributed by atoms with van der Waals surface area (Å²) in [6.45, 7) is 2.45. The molecule has 2 aromatic heterocycles. The number of imidazole rings is 1. The summed E-state index contributed by atoms with van der Waals surface area (Å²) in [5, 5.41) is 1.76. The van der Waals surface area contributed by atoms with Crippen molar-refractivity contribution in [3.05, 3.63) is 62.1 Å². The average molecular weight is 365 g/mol. The van der Waals surface area contributed by atoms with Crippen LogP contribution in [0.25, 0.3) is 10.8 Å². The normalized spacial score (nSPS) is 11.1. The Morgan fingerprint density at radius 1 is 1.32 bits per heavy atom. The van der Waals surface area contributed by atoms with Crippen LogP contribution in [-0.4, -0.2) is 14.5 Å². The number of hydrogen-bond donors (Lipinski definition) is 1. The fourth-order valence-corrected chi connectivity index (χ4v) is 2.79. The second-order valence-corrected chi connectivity index (χ2v) is 5.59. The van der Waals surface area contributed by atoms with Gasteiger partial charge >= 0.3 is 0 Å². The minimum Gasteiger partial charge on any atom is -0.348 e. The molecule has 1 aromatic carbocycles. The summed E-state index contributed by atoms with van der Waals surface area (Å²) in [5.41, 5.74) is 1.92. The number of nitrogens with zero attached hydrogens (tertiary/aromatic N) is 2. The summed E-state index contributed by atoms with van der Waals surface area (Å²) in [7, 11) is 0. The molecule has 3 aromatic rings. The minimum atomic E-state index is 0.0263. The molecular formula is C14H12IN3O. The standard InChI is InChI=1S/C14H12IN3O/c1-9-13(17-8-16-9)7-18-6-5-10-11(14(18)19)3-2-4-12(10)15/h2-6,8H,7H2,1H3,(H,16,17). The van der Waals surface area contributed by atoms with E-state index in [-0.39, 0.29) is 5.56 Å². The number of aromatic amines is 1. The topological polar surface area (TPSA) is 50.7 Å². The van der Waals surface area contributed by atoms with Crippen LogP contribution in [0.1, 0.15) is 11.4 Å². The van der Waals surface area contributed by atoms with Gasteiger partial charge in [0.2, 0.25) is 0 Å². The van der Waals surface area contributed by atoms with Gasteiger partial charge in [-0.2, -0.15) is 0 Å². The average Bonchev–Trinajstić information content (AvgIpc) is 2.79. The lowest BCUT2D eigenvalue weighted by atomic mass is 10.2. The summed E-state index contributed by atoms with van der Waals surface area (Å²) in [6, 6.07) is 7.77. The lowest BCUT2D eigenvalue weighted by Gasteiger charge is -2.07. The summed E-state index contributed by atoms with van der Waals surface area (Å²) < 4.78 is 2.79. The van der Waals surface area contributed by atoms with E-state index in [0.717, 1.165) is 25.7 Å². The maximum atomic E-state index is 12.4. The van der Waals surface area contributed by atoms with Gasteiger partial charge in [-0.3, -0.25) is 4.79 Å². The smallest absolute Gasteiger partial charge is 0.258 e. The lowest BCUT2D eigenvalue weighted by Crippen LogP contribution is -2.20. The molecule has 1 N–H and O–H groups in total. The first-order valence-electron chi connectivity index (χ1n) is 5.93.